The Bertz CT molecular complexity index is 1140. The number of nitrogens with zero attached hydrogens (tertiary/aromatic N) is 4. The van der Waals surface area contributed by atoms with Crippen molar-refractivity contribution >= 4 is 34.3 Å². The third-order valence-corrected chi connectivity index (χ3v) is 5.78. The van der Waals surface area contributed by atoms with Crippen LogP contribution in [0.25, 0.3) is 10.9 Å². The molecule has 0 unspecified atom stereocenters. The quantitative estimate of drug-likeness (QED) is 0.430. The fraction of sp³-hybridized carbons (Fsp3) is 0.346. The Morgan fingerprint density at radius 2 is 1.91 bits per heavy atom. The highest BCUT2D eigenvalue weighted by Gasteiger charge is 2.21. The summed E-state index contributed by atoms with van der Waals surface area (Å²) >= 11 is 0. The summed E-state index contributed by atoms with van der Waals surface area (Å²) in [7, 11) is 4.01. The first kappa shape index (κ1) is 22.6. The maximum Gasteiger partial charge on any atom is 0.227 e. The van der Waals surface area contributed by atoms with Crippen LogP contribution in [-0.4, -0.2) is 44.0 Å². The van der Waals surface area contributed by atoms with Crippen LogP contribution in [0.15, 0.2) is 59.6 Å². The van der Waals surface area contributed by atoms with E-state index in [4.69, 9.17) is 9.98 Å². The highest BCUT2D eigenvalue weighted by atomic mass is 16.2. The van der Waals surface area contributed by atoms with Gasteiger partial charge in [-0.15, -0.1) is 0 Å². The van der Waals surface area contributed by atoms with E-state index in [1.807, 2.05) is 66.4 Å². The molecule has 2 N–H and O–H groups in total. The van der Waals surface area contributed by atoms with Crippen LogP contribution in [0.4, 0.5) is 11.5 Å². The van der Waals surface area contributed by atoms with Crippen molar-refractivity contribution < 1.29 is 4.79 Å². The zero-order chi connectivity index (χ0) is 23.2. The second-order valence-corrected chi connectivity index (χ2v) is 8.42. The van der Waals surface area contributed by atoms with Crippen LogP contribution in [0.2, 0.25) is 0 Å². The van der Waals surface area contributed by atoms with Crippen LogP contribution < -0.4 is 20.4 Å². The van der Waals surface area contributed by atoms with Gasteiger partial charge in [0, 0.05) is 51.2 Å². The molecule has 1 amide bonds. The molecule has 1 saturated heterocycles. The standard InChI is InChI=1S/C26H32N6O/c1-4-27-26(28-17-19-11-13-21(14-12-19)32-15-7-10-25(32)33)29-18-20-16-24(31(2)3)30-23-9-6-5-8-22(20)23/h5-6,8-9,11-14,16H,4,7,10,15,17-18H2,1-3H3,(H2,27,28,29). The lowest BCUT2D eigenvalue weighted by molar-refractivity contribution is -0.117. The van der Waals surface area contributed by atoms with E-state index in [2.05, 4.69) is 29.7 Å². The number of benzene rings is 2. The van der Waals surface area contributed by atoms with Gasteiger partial charge in [0.25, 0.3) is 0 Å². The number of aromatic nitrogens is 1. The summed E-state index contributed by atoms with van der Waals surface area (Å²) in [6, 6.07) is 18.5. The van der Waals surface area contributed by atoms with Crippen LogP contribution in [0, 0.1) is 0 Å². The number of guanidine groups is 1. The zero-order valence-electron chi connectivity index (χ0n) is 19.6. The molecule has 1 aliphatic rings. The van der Waals surface area contributed by atoms with Crippen molar-refractivity contribution in [2.45, 2.75) is 32.9 Å². The fourth-order valence-corrected chi connectivity index (χ4v) is 4.00. The monoisotopic (exact) mass is 444 g/mol. The molecule has 7 nitrogen and oxygen atoms in total. The molecule has 2 aromatic carbocycles. The minimum atomic E-state index is 0.209. The SMILES string of the molecule is CCNC(=NCc1ccc(N2CCCC2=O)cc1)NCc1cc(N(C)C)nc2ccccc12. The predicted molar refractivity (Wildman–Crippen MR) is 136 cm³/mol. The summed E-state index contributed by atoms with van der Waals surface area (Å²) in [5.41, 5.74) is 4.23. The van der Waals surface area contributed by atoms with Crippen LogP contribution in [0.1, 0.15) is 30.9 Å². The number of hydrogen-bond acceptors (Lipinski definition) is 4. The van der Waals surface area contributed by atoms with Crippen molar-refractivity contribution in [2.24, 2.45) is 4.99 Å². The van der Waals surface area contributed by atoms with E-state index in [1.54, 1.807) is 0 Å². The molecule has 0 saturated carbocycles. The summed E-state index contributed by atoms with van der Waals surface area (Å²) in [4.78, 5) is 25.3. The lowest BCUT2D eigenvalue weighted by Gasteiger charge is -2.17. The zero-order valence-corrected chi connectivity index (χ0v) is 19.6. The van der Waals surface area contributed by atoms with Gasteiger partial charge in [-0.2, -0.15) is 0 Å². The van der Waals surface area contributed by atoms with E-state index in [0.29, 0.717) is 19.5 Å². The lowest BCUT2D eigenvalue weighted by Crippen LogP contribution is -2.36. The molecule has 0 radical (unpaired) electrons. The number of amides is 1. The van der Waals surface area contributed by atoms with E-state index in [9.17, 15) is 4.79 Å². The molecule has 0 atom stereocenters. The van der Waals surface area contributed by atoms with Crippen LogP contribution in [0.5, 0.6) is 0 Å². The van der Waals surface area contributed by atoms with Gasteiger partial charge >= 0.3 is 0 Å². The van der Waals surface area contributed by atoms with Gasteiger partial charge in [-0.1, -0.05) is 30.3 Å². The van der Waals surface area contributed by atoms with Gasteiger partial charge in [0.1, 0.15) is 5.82 Å². The molecule has 7 heteroatoms. The number of carbonyl (C=O) groups excluding carboxylic acids is 1. The molecule has 0 aliphatic carbocycles. The summed E-state index contributed by atoms with van der Waals surface area (Å²) in [6.07, 6.45) is 1.58. The molecule has 0 spiro atoms. The summed E-state index contributed by atoms with van der Waals surface area (Å²) < 4.78 is 0. The molecule has 1 aliphatic heterocycles. The Kier molecular flexibility index (Phi) is 7.07. The Hall–Kier alpha value is -3.61. The number of carbonyl (C=O) groups is 1. The van der Waals surface area contributed by atoms with Gasteiger partial charge < -0.3 is 20.4 Å². The highest BCUT2D eigenvalue weighted by molar-refractivity contribution is 5.95. The average Bonchev–Trinajstić information content (AvgIpc) is 3.26. The minimum Gasteiger partial charge on any atom is -0.363 e. The van der Waals surface area contributed by atoms with Crippen LogP contribution in [0.3, 0.4) is 0 Å². The number of fused-ring (bicyclic) bond motifs is 1. The molecule has 33 heavy (non-hydrogen) atoms. The largest absolute Gasteiger partial charge is 0.363 e. The third kappa shape index (κ3) is 5.42. The topological polar surface area (TPSA) is 72.9 Å². The first-order chi connectivity index (χ1) is 16.0. The molecule has 1 aromatic heterocycles. The molecular weight excluding hydrogens is 412 g/mol. The molecule has 3 aromatic rings. The predicted octanol–water partition coefficient (Wildman–Crippen LogP) is 3.68. The van der Waals surface area contributed by atoms with E-state index >= 15 is 0 Å². The summed E-state index contributed by atoms with van der Waals surface area (Å²) in [6.45, 7) is 4.85. The molecular formula is C26H32N6O. The van der Waals surface area contributed by atoms with Crippen molar-refractivity contribution in [3.8, 4) is 0 Å². The van der Waals surface area contributed by atoms with Gasteiger partial charge in [-0.3, -0.25) is 4.79 Å². The van der Waals surface area contributed by atoms with Crippen LogP contribution >= 0.6 is 0 Å². The van der Waals surface area contributed by atoms with Gasteiger partial charge in [0.05, 0.1) is 12.1 Å². The second-order valence-electron chi connectivity index (χ2n) is 8.42. The van der Waals surface area contributed by atoms with E-state index in [-0.39, 0.29) is 5.91 Å². The Labute approximate surface area is 195 Å². The maximum atomic E-state index is 12.0. The van der Waals surface area contributed by atoms with E-state index in [0.717, 1.165) is 53.4 Å². The van der Waals surface area contributed by atoms with Crippen molar-refractivity contribution in [2.75, 3.05) is 37.0 Å². The van der Waals surface area contributed by atoms with Crippen LogP contribution in [-0.2, 0) is 17.9 Å². The normalized spacial score (nSPS) is 14.1. The Balaban J connectivity index is 1.46. The molecule has 172 valence electrons. The molecule has 4 rings (SSSR count). The highest BCUT2D eigenvalue weighted by Crippen LogP contribution is 2.23. The summed E-state index contributed by atoms with van der Waals surface area (Å²) in [5.74, 6) is 1.91. The lowest BCUT2D eigenvalue weighted by atomic mass is 10.1. The smallest absolute Gasteiger partial charge is 0.227 e. The number of anilines is 2. The third-order valence-electron chi connectivity index (χ3n) is 5.78. The second kappa shape index (κ2) is 10.3. The fourth-order valence-electron chi connectivity index (χ4n) is 4.00. The van der Waals surface area contributed by atoms with Gasteiger partial charge in [-0.25, -0.2) is 9.98 Å². The number of hydrogen-bond donors (Lipinski definition) is 2. The number of aliphatic imine (C=N–C) groups is 1. The number of para-hydroxylation sites is 1. The van der Waals surface area contributed by atoms with Gasteiger partial charge in [-0.05, 0) is 48.7 Å². The van der Waals surface area contributed by atoms with Crippen molar-refractivity contribution in [3.63, 3.8) is 0 Å². The number of nitrogens with one attached hydrogen (secondary N) is 2. The molecule has 1 fully saturated rings. The van der Waals surface area contributed by atoms with E-state index < -0.39 is 0 Å². The first-order valence-corrected chi connectivity index (χ1v) is 11.5. The van der Waals surface area contributed by atoms with Gasteiger partial charge in [0.15, 0.2) is 5.96 Å². The van der Waals surface area contributed by atoms with Crippen molar-refractivity contribution in [1.82, 2.24) is 15.6 Å². The first-order valence-electron chi connectivity index (χ1n) is 11.5. The van der Waals surface area contributed by atoms with Crippen molar-refractivity contribution in [1.29, 1.82) is 0 Å². The van der Waals surface area contributed by atoms with E-state index in [1.165, 1.54) is 5.56 Å². The number of rotatable bonds is 7. The molecule has 2 heterocycles. The minimum absolute atomic E-state index is 0.209. The maximum absolute atomic E-state index is 12.0. The average molecular weight is 445 g/mol. The van der Waals surface area contributed by atoms with Gasteiger partial charge in [0.2, 0.25) is 5.91 Å². The Morgan fingerprint density at radius 3 is 2.61 bits per heavy atom. The Morgan fingerprint density at radius 1 is 1.12 bits per heavy atom. The molecule has 0 bridgehead atoms. The summed E-state index contributed by atoms with van der Waals surface area (Å²) in [5, 5.41) is 7.94. The van der Waals surface area contributed by atoms with Crippen molar-refractivity contribution in [3.05, 3.63) is 65.7 Å². The number of pyridine rings is 1.